The molecule has 5 rings (SSSR count). The van der Waals surface area contributed by atoms with Gasteiger partial charge < -0.3 is 14.0 Å². The van der Waals surface area contributed by atoms with Crippen LogP contribution in [0.2, 0.25) is 0 Å². The van der Waals surface area contributed by atoms with E-state index in [2.05, 4.69) is 125 Å². The van der Waals surface area contributed by atoms with Gasteiger partial charge in [0.1, 0.15) is 0 Å². The third-order valence-electron chi connectivity index (χ3n) is 7.20. The van der Waals surface area contributed by atoms with E-state index in [9.17, 15) is 0 Å². The first-order valence-electron chi connectivity index (χ1n) is 13.0. The maximum absolute atomic E-state index is 6.19. The quantitative estimate of drug-likeness (QED) is 0.250. The number of ether oxygens (including phenoxy) is 2. The molecule has 0 radical (unpaired) electrons. The highest BCUT2D eigenvalue weighted by Crippen LogP contribution is 2.54. The van der Waals surface area contributed by atoms with Crippen LogP contribution in [0.15, 0.2) is 78.9 Å². The standard InChI is InChI=1S/C34H37NO2/c1-33(2,3)24-19-13-15-21-26(24)35-25-20-14-12-18-23(25)28-30(35)27(22-16-10-9-11-17-22)29(34(4,5)6)32(37-8)31(28)36-7/h9-21H,1-8H3. The van der Waals surface area contributed by atoms with Crippen molar-refractivity contribution in [3.8, 4) is 28.3 Å². The van der Waals surface area contributed by atoms with Gasteiger partial charge in [-0.2, -0.15) is 0 Å². The lowest BCUT2D eigenvalue weighted by Crippen LogP contribution is -2.17. The summed E-state index contributed by atoms with van der Waals surface area (Å²) in [5.41, 5.74) is 8.02. The third kappa shape index (κ3) is 3.98. The summed E-state index contributed by atoms with van der Waals surface area (Å²) in [6.45, 7) is 13.6. The van der Waals surface area contributed by atoms with E-state index in [1.54, 1.807) is 14.2 Å². The predicted molar refractivity (Wildman–Crippen MR) is 157 cm³/mol. The Labute approximate surface area is 220 Å². The Morgan fingerprint density at radius 1 is 0.622 bits per heavy atom. The van der Waals surface area contributed by atoms with Gasteiger partial charge in [-0.05, 0) is 34.1 Å². The second kappa shape index (κ2) is 8.99. The molecule has 0 bridgehead atoms. The Morgan fingerprint density at radius 2 is 1.22 bits per heavy atom. The van der Waals surface area contributed by atoms with Crippen molar-refractivity contribution >= 4 is 21.8 Å². The SMILES string of the molecule is COc1c(C(C)(C)C)c(-c2ccccc2)c2c(c1OC)c1ccccc1n2-c1ccccc1C(C)(C)C. The van der Waals surface area contributed by atoms with Gasteiger partial charge in [-0.3, -0.25) is 0 Å². The molecule has 0 N–H and O–H groups in total. The summed E-state index contributed by atoms with van der Waals surface area (Å²) in [5, 5.41) is 2.22. The molecule has 5 aromatic rings. The fourth-order valence-electron chi connectivity index (χ4n) is 5.71. The average molecular weight is 492 g/mol. The summed E-state index contributed by atoms with van der Waals surface area (Å²) in [6.07, 6.45) is 0. The molecule has 4 aromatic carbocycles. The number of hydrogen-bond donors (Lipinski definition) is 0. The van der Waals surface area contributed by atoms with Crippen LogP contribution in [-0.2, 0) is 10.8 Å². The fraction of sp³-hybridized carbons (Fsp3) is 0.294. The van der Waals surface area contributed by atoms with Crippen molar-refractivity contribution in [1.82, 2.24) is 4.57 Å². The molecular formula is C34H37NO2. The van der Waals surface area contributed by atoms with Crippen LogP contribution in [0.3, 0.4) is 0 Å². The normalized spacial score (nSPS) is 12.3. The van der Waals surface area contributed by atoms with Gasteiger partial charge in [-0.15, -0.1) is 0 Å². The van der Waals surface area contributed by atoms with Gasteiger partial charge >= 0.3 is 0 Å². The van der Waals surface area contributed by atoms with E-state index in [-0.39, 0.29) is 10.8 Å². The molecule has 0 atom stereocenters. The summed E-state index contributed by atoms with van der Waals surface area (Å²) >= 11 is 0. The summed E-state index contributed by atoms with van der Waals surface area (Å²) in [6, 6.07) is 28.1. The first kappa shape index (κ1) is 25.0. The lowest BCUT2D eigenvalue weighted by molar-refractivity contribution is 0.349. The largest absolute Gasteiger partial charge is 0.493 e. The van der Waals surface area contributed by atoms with Gasteiger partial charge in [0.2, 0.25) is 0 Å². The highest BCUT2D eigenvalue weighted by molar-refractivity contribution is 6.18. The van der Waals surface area contributed by atoms with Crippen molar-refractivity contribution in [2.24, 2.45) is 0 Å². The van der Waals surface area contributed by atoms with Crippen LogP contribution in [0.25, 0.3) is 38.6 Å². The molecule has 0 spiro atoms. The highest BCUT2D eigenvalue weighted by Gasteiger charge is 2.33. The second-order valence-electron chi connectivity index (χ2n) is 11.8. The second-order valence-corrected chi connectivity index (χ2v) is 11.8. The van der Waals surface area contributed by atoms with E-state index in [1.807, 2.05) is 0 Å². The van der Waals surface area contributed by atoms with Gasteiger partial charge in [-0.25, -0.2) is 0 Å². The molecule has 0 amide bonds. The van der Waals surface area contributed by atoms with E-state index in [1.165, 1.54) is 16.8 Å². The predicted octanol–water partition coefficient (Wildman–Crippen LogP) is 9.06. The molecule has 1 heterocycles. The fourth-order valence-corrected chi connectivity index (χ4v) is 5.71. The molecule has 0 aliphatic rings. The summed E-state index contributed by atoms with van der Waals surface area (Å²) < 4.78 is 14.8. The van der Waals surface area contributed by atoms with E-state index in [4.69, 9.17) is 9.47 Å². The van der Waals surface area contributed by atoms with Crippen LogP contribution in [0.1, 0.15) is 52.7 Å². The summed E-state index contributed by atoms with van der Waals surface area (Å²) in [4.78, 5) is 0. The molecule has 0 aliphatic carbocycles. The minimum Gasteiger partial charge on any atom is -0.493 e. The molecule has 3 nitrogen and oxygen atoms in total. The molecule has 0 saturated heterocycles. The maximum Gasteiger partial charge on any atom is 0.171 e. The maximum atomic E-state index is 6.19. The smallest absolute Gasteiger partial charge is 0.171 e. The number of aromatic nitrogens is 1. The van der Waals surface area contributed by atoms with Crippen LogP contribution in [-0.4, -0.2) is 18.8 Å². The molecule has 0 saturated carbocycles. The third-order valence-corrected chi connectivity index (χ3v) is 7.20. The number of fused-ring (bicyclic) bond motifs is 3. The Hall–Kier alpha value is -3.72. The zero-order valence-corrected chi connectivity index (χ0v) is 23.3. The van der Waals surface area contributed by atoms with Gasteiger partial charge in [-0.1, -0.05) is 108 Å². The number of hydrogen-bond acceptors (Lipinski definition) is 2. The van der Waals surface area contributed by atoms with Crippen LogP contribution in [0, 0.1) is 0 Å². The number of para-hydroxylation sites is 2. The first-order chi connectivity index (χ1) is 17.6. The minimum absolute atomic E-state index is 0.0371. The molecule has 0 fully saturated rings. The van der Waals surface area contributed by atoms with E-state index < -0.39 is 0 Å². The molecular weight excluding hydrogens is 454 g/mol. The average Bonchev–Trinajstić information content (AvgIpc) is 3.21. The molecule has 37 heavy (non-hydrogen) atoms. The van der Waals surface area contributed by atoms with Crippen molar-refractivity contribution in [2.45, 2.75) is 52.4 Å². The molecule has 0 aliphatic heterocycles. The van der Waals surface area contributed by atoms with E-state index in [0.29, 0.717) is 0 Å². The van der Waals surface area contributed by atoms with Crippen molar-refractivity contribution < 1.29 is 9.47 Å². The van der Waals surface area contributed by atoms with Gasteiger partial charge in [0.25, 0.3) is 0 Å². The zero-order chi connectivity index (χ0) is 26.5. The summed E-state index contributed by atoms with van der Waals surface area (Å²) in [7, 11) is 3.50. The van der Waals surface area contributed by atoms with Crippen LogP contribution in [0.4, 0.5) is 0 Å². The van der Waals surface area contributed by atoms with Crippen molar-refractivity contribution in [3.05, 3.63) is 90.0 Å². The van der Waals surface area contributed by atoms with Crippen LogP contribution < -0.4 is 9.47 Å². The number of methoxy groups -OCH3 is 2. The van der Waals surface area contributed by atoms with Gasteiger partial charge in [0, 0.05) is 22.2 Å². The minimum atomic E-state index is -0.206. The first-order valence-corrected chi connectivity index (χ1v) is 13.0. The molecule has 190 valence electrons. The van der Waals surface area contributed by atoms with Crippen molar-refractivity contribution in [1.29, 1.82) is 0 Å². The van der Waals surface area contributed by atoms with Gasteiger partial charge in [0.15, 0.2) is 11.5 Å². The number of benzene rings is 4. The van der Waals surface area contributed by atoms with Crippen LogP contribution >= 0.6 is 0 Å². The monoisotopic (exact) mass is 491 g/mol. The lowest BCUT2D eigenvalue weighted by atomic mass is 9.79. The van der Waals surface area contributed by atoms with E-state index in [0.717, 1.165) is 44.4 Å². The Kier molecular flexibility index (Phi) is 6.06. The highest BCUT2D eigenvalue weighted by atomic mass is 16.5. The lowest BCUT2D eigenvalue weighted by Gasteiger charge is -2.29. The number of nitrogens with zero attached hydrogens (tertiary/aromatic N) is 1. The molecule has 1 aromatic heterocycles. The van der Waals surface area contributed by atoms with Gasteiger partial charge in [0.05, 0.1) is 30.6 Å². The summed E-state index contributed by atoms with van der Waals surface area (Å²) in [5.74, 6) is 1.58. The van der Waals surface area contributed by atoms with Crippen molar-refractivity contribution in [3.63, 3.8) is 0 Å². The molecule has 0 unspecified atom stereocenters. The topological polar surface area (TPSA) is 23.4 Å². The zero-order valence-electron chi connectivity index (χ0n) is 23.3. The van der Waals surface area contributed by atoms with E-state index >= 15 is 0 Å². The Balaban J connectivity index is 2.16. The van der Waals surface area contributed by atoms with Crippen LogP contribution in [0.5, 0.6) is 11.5 Å². The number of rotatable bonds is 4. The molecule has 3 heteroatoms. The van der Waals surface area contributed by atoms with Crippen molar-refractivity contribution in [2.75, 3.05) is 14.2 Å². The Morgan fingerprint density at radius 3 is 1.84 bits per heavy atom. The Bertz CT molecular complexity index is 1600.